The van der Waals surface area contributed by atoms with Crippen molar-refractivity contribution in [2.24, 2.45) is 0 Å². The largest absolute Gasteiger partial charge is 0.399 e. The van der Waals surface area contributed by atoms with E-state index in [0.717, 1.165) is 30.1 Å². The number of hydrogen-bond donors (Lipinski definition) is 1. The summed E-state index contributed by atoms with van der Waals surface area (Å²) < 4.78 is 0. The molecule has 1 aliphatic carbocycles. The number of rotatable bonds is 2. The maximum Gasteiger partial charge on any atom is 0.0317 e. The van der Waals surface area contributed by atoms with Gasteiger partial charge in [-0.25, -0.2) is 0 Å². The molecule has 1 fully saturated rings. The van der Waals surface area contributed by atoms with Gasteiger partial charge in [0.2, 0.25) is 0 Å². The maximum absolute atomic E-state index is 5.85. The zero-order valence-corrected chi connectivity index (χ0v) is 11.2. The van der Waals surface area contributed by atoms with Gasteiger partial charge in [0, 0.05) is 30.1 Å². The number of nitrogens with zero attached hydrogens (tertiary/aromatic N) is 1. The van der Waals surface area contributed by atoms with Crippen LogP contribution >= 0.6 is 11.8 Å². The van der Waals surface area contributed by atoms with Gasteiger partial charge in [0.1, 0.15) is 0 Å². The lowest BCUT2D eigenvalue weighted by Gasteiger charge is -2.23. The minimum Gasteiger partial charge on any atom is -0.399 e. The van der Waals surface area contributed by atoms with Gasteiger partial charge in [-0.3, -0.25) is 4.90 Å². The van der Waals surface area contributed by atoms with Crippen molar-refractivity contribution in [3.05, 3.63) is 29.3 Å². The lowest BCUT2D eigenvalue weighted by molar-refractivity contribution is 0.202. The van der Waals surface area contributed by atoms with E-state index in [2.05, 4.69) is 23.3 Å². The molecule has 1 saturated carbocycles. The minimum atomic E-state index is 0.793. The first-order valence-electron chi connectivity index (χ1n) is 6.40. The van der Waals surface area contributed by atoms with Crippen LogP contribution in [0.2, 0.25) is 0 Å². The van der Waals surface area contributed by atoms with Crippen molar-refractivity contribution >= 4 is 17.4 Å². The predicted octanol–water partition coefficient (Wildman–Crippen LogP) is 2.87. The second-order valence-electron chi connectivity index (χ2n) is 5.26. The average Bonchev–Trinajstić information content (AvgIpc) is 2.93. The number of benzene rings is 1. The van der Waals surface area contributed by atoms with Crippen LogP contribution in [-0.2, 0) is 13.1 Å². The Bertz CT molecular complexity index is 419. The summed E-state index contributed by atoms with van der Waals surface area (Å²) in [5.41, 5.74) is 9.67. The van der Waals surface area contributed by atoms with Crippen LogP contribution in [0.5, 0.6) is 0 Å². The molecule has 92 valence electrons. The van der Waals surface area contributed by atoms with Crippen LogP contribution in [0.4, 0.5) is 5.69 Å². The molecule has 0 spiro atoms. The highest BCUT2D eigenvalue weighted by molar-refractivity contribution is 7.99. The predicted molar refractivity (Wildman–Crippen MR) is 75.0 cm³/mol. The second-order valence-corrected chi connectivity index (χ2v) is 6.40. The van der Waals surface area contributed by atoms with Gasteiger partial charge in [-0.15, -0.1) is 0 Å². The van der Waals surface area contributed by atoms with Crippen LogP contribution in [0, 0.1) is 0 Å². The first-order chi connectivity index (χ1) is 8.26. The Balaban J connectivity index is 1.70. The quantitative estimate of drug-likeness (QED) is 0.816. The summed E-state index contributed by atoms with van der Waals surface area (Å²) in [7, 11) is 0. The molecule has 0 aromatic heterocycles. The van der Waals surface area contributed by atoms with Crippen LogP contribution < -0.4 is 5.73 Å². The molecule has 2 unspecified atom stereocenters. The molecule has 2 aliphatic rings. The van der Waals surface area contributed by atoms with Crippen LogP contribution in [0.15, 0.2) is 18.2 Å². The smallest absolute Gasteiger partial charge is 0.0317 e. The highest BCUT2D eigenvalue weighted by atomic mass is 32.2. The fourth-order valence-corrected chi connectivity index (χ4v) is 3.95. The number of anilines is 1. The second kappa shape index (κ2) is 4.54. The molecule has 17 heavy (non-hydrogen) atoms. The van der Waals surface area contributed by atoms with E-state index in [4.69, 9.17) is 5.73 Å². The normalized spacial score (nSPS) is 28.5. The first kappa shape index (κ1) is 11.4. The van der Waals surface area contributed by atoms with E-state index in [1.807, 2.05) is 17.8 Å². The molecular formula is C14H20N2S. The van der Waals surface area contributed by atoms with Crippen molar-refractivity contribution < 1.29 is 0 Å². The maximum atomic E-state index is 5.85. The summed E-state index contributed by atoms with van der Waals surface area (Å²) in [6, 6.07) is 7.17. The van der Waals surface area contributed by atoms with Gasteiger partial charge in [0.25, 0.3) is 0 Å². The van der Waals surface area contributed by atoms with E-state index in [-0.39, 0.29) is 0 Å². The Morgan fingerprint density at radius 2 is 2.06 bits per heavy atom. The molecule has 0 bridgehead atoms. The molecule has 1 aliphatic heterocycles. The molecule has 1 aromatic rings. The Hall–Kier alpha value is -0.670. The minimum absolute atomic E-state index is 0.793. The van der Waals surface area contributed by atoms with Crippen molar-refractivity contribution in [1.29, 1.82) is 0 Å². The van der Waals surface area contributed by atoms with Gasteiger partial charge in [0.15, 0.2) is 0 Å². The molecule has 2 atom stereocenters. The van der Waals surface area contributed by atoms with E-state index in [9.17, 15) is 0 Å². The van der Waals surface area contributed by atoms with Crippen LogP contribution in [0.3, 0.4) is 0 Å². The topological polar surface area (TPSA) is 29.3 Å². The molecule has 2 N–H and O–H groups in total. The van der Waals surface area contributed by atoms with Crippen molar-refractivity contribution in [1.82, 2.24) is 4.90 Å². The van der Waals surface area contributed by atoms with Gasteiger partial charge >= 0.3 is 0 Å². The van der Waals surface area contributed by atoms with E-state index >= 15 is 0 Å². The summed E-state index contributed by atoms with van der Waals surface area (Å²) in [5.74, 6) is 0. The Morgan fingerprint density at radius 3 is 2.82 bits per heavy atom. The summed E-state index contributed by atoms with van der Waals surface area (Å²) in [6.45, 7) is 2.23. The van der Waals surface area contributed by atoms with E-state index < -0.39 is 0 Å². The van der Waals surface area contributed by atoms with E-state index in [1.165, 1.54) is 30.4 Å². The highest BCUT2D eigenvalue weighted by Gasteiger charge is 2.31. The van der Waals surface area contributed by atoms with Crippen LogP contribution in [-0.4, -0.2) is 22.4 Å². The SMILES string of the molecule is CSC1CCC(N2Cc3ccc(N)cc3C2)C1. The molecule has 3 rings (SSSR count). The van der Waals surface area contributed by atoms with Gasteiger partial charge in [0.05, 0.1) is 0 Å². The summed E-state index contributed by atoms with van der Waals surface area (Å²) in [4.78, 5) is 2.64. The van der Waals surface area contributed by atoms with E-state index in [0.29, 0.717) is 0 Å². The molecule has 0 radical (unpaired) electrons. The third-order valence-electron chi connectivity index (χ3n) is 4.18. The zero-order chi connectivity index (χ0) is 11.8. The van der Waals surface area contributed by atoms with Gasteiger partial charge in [-0.2, -0.15) is 11.8 Å². The van der Waals surface area contributed by atoms with Crippen LogP contribution in [0.25, 0.3) is 0 Å². The number of hydrogen-bond acceptors (Lipinski definition) is 3. The molecule has 0 amide bonds. The molecule has 0 saturated heterocycles. The Kier molecular flexibility index (Phi) is 3.05. The van der Waals surface area contributed by atoms with Crippen molar-refractivity contribution in [2.45, 2.75) is 43.6 Å². The van der Waals surface area contributed by atoms with Crippen LogP contribution in [0.1, 0.15) is 30.4 Å². The lowest BCUT2D eigenvalue weighted by Crippen LogP contribution is -2.28. The van der Waals surface area contributed by atoms with Gasteiger partial charge in [-0.05, 0) is 48.8 Å². The number of thioether (sulfide) groups is 1. The standard InChI is InChI=1S/C14H20N2S/c1-17-14-5-4-13(7-14)16-8-10-2-3-12(15)6-11(10)9-16/h2-3,6,13-14H,4-5,7-9,15H2,1H3. The van der Waals surface area contributed by atoms with E-state index in [1.54, 1.807) is 0 Å². The first-order valence-corrected chi connectivity index (χ1v) is 7.69. The Morgan fingerprint density at radius 1 is 1.24 bits per heavy atom. The fraction of sp³-hybridized carbons (Fsp3) is 0.571. The summed E-state index contributed by atoms with van der Waals surface area (Å²) in [5, 5.41) is 0.883. The molecule has 2 nitrogen and oxygen atoms in total. The zero-order valence-electron chi connectivity index (χ0n) is 10.4. The fourth-order valence-electron chi connectivity index (χ4n) is 3.16. The average molecular weight is 248 g/mol. The Labute approximate surface area is 108 Å². The third-order valence-corrected chi connectivity index (χ3v) is 5.28. The van der Waals surface area contributed by atoms with Crippen molar-refractivity contribution in [3.63, 3.8) is 0 Å². The highest BCUT2D eigenvalue weighted by Crippen LogP contribution is 2.35. The summed E-state index contributed by atoms with van der Waals surface area (Å²) in [6.07, 6.45) is 6.37. The van der Waals surface area contributed by atoms with Gasteiger partial charge in [-0.1, -0.05) is 6.07 Å². The lowest BCUT2D eigenvalue weighted by atomic mass is 10.1. The molecule has 1 aromatic carbocycles. The number of nitrogens with two attached hydrogens (primary N) is 1. The van der Waals surface area contributed by atoms with Gasteiger partial charge < -0.3 is 5.73 Å². The molecule has 3 heteroatoms. The molecule has 1 heterocycles. The summed E-state index contributed by atoms with van der Waals surface area (Å²) >= 11 is 2.03. The molecular weight excluding hydrogens is 228 g/mol. The monoisotopic (exact) mass is 248 g/mol. The van der Waals surface area contributed by atoms with Crippen molar-refractivity contribution in [2.75, 3.05) is 12.0 Å². The van der Waals surface area contributed by atoms with Crippen molar-refractivity contribution in [3.8, 4) is 0 Å². The third kappa shape index (κ3) is 2.18. The number of fused-ring (bicyclic) bond motifs is 1. The number of nitrogen functional groups attached to an aromatic ring is 1.